The molecule has 4 unspecified atom stereocenters. The Labute approximate surface area is 123 Å². The van der Waals surface area contributed by atoms with Crippen LogP contribution in [0.25, 0.3) is 0 Å². The van der Waals surface area contributed by atoms with E-state index in [0.29, 0.717) is 13.1 Å². The van der Waals surface area contributed by atoms with Crippen molar-refractivity contribution in [3.8, 4) is 0 Å². The first-order valence-electron chi connectivity index (χ1n) is 8.16. The lowest BCUT2D eigenvalue weighted by Crippen LogP contribution is -2.52. The van der Waals surface area contributed by atoms with E-state index < -0.39 is 10.0 Å². The summed E-state index contributed by atoms with van der Waals surface area (Å²) in [6, 6.07) is 0.735. The van der Waals surface area contributed by atoms with Gasteiger partial charge in [-0.05, 0) is 43.4 Å². The highest BCUT2D eigenvalue weighted by molar-refractivity contribution is 7.88. The summed E-state index contributed by atoms with van der Waals surface area (Å²) in [7, 11) is -3.00. The van der Waals surface area contributed by atoms with Crippen molar-refractivity contribution in [1.29, 1.82) is 0 Å². The molecule has 2 aliphatic carbocycles. The van der Waals surface area contributed by atoms with E-state index in [-0.39, 0.29) is 0 Å². The summed E-state index contributed by atoms with van der Waals surface area (Å²) in [5, 5.41) is 0. The van der Waals surface area contributed by atoms with Crippen molar-refractivity contribution in [2.75, 3.05) is 32.4 Å². The van der Waals surface area contributed by atoms with Crippen molar-refractivity contribution in [1.82, 2.24) is 9.21 Å². The predicted molar refractivity (Wildman–Crippen MR) is 81.0 cm³/mol. The number of sulfonamides is 1. The van der Waals surface area contributed by atoms with Crippen molar-refractivity contribution in [3.63, 3.8) is 0 Å². The normalized spacial score (nSPS) is 40.1. The second-order valence-electron chi connectivity index (χ2n) is 7.11. The molecule has 4 atom stereocenters. The molecule has 3 fully saturated rings. The molecule has 0 amide bonds. The molecule has 3 rings (SSSR count). The van der Waals surface area contributed by atoms with Gasteiger partial charge >= 0.3 is 0 Å². The lowest BCUT2D eigenvalue weighted by Gasteiger charge is -2.39. The van der Waals surface area contributed by atoms with E-state index >= 15 is 0 Å². The fraction of sp³-hybridized carbons (Fsp3) is 1.00. The van der Waals surface area contributed by atoms with Crippen LogP contribution in [0, 0.1) is 17.8 Å². The third-order valence-electron chi connectivity index (χ3n) is 5.85. The third kappa shape index (κ3) is 2.90. The number of hydrogen-bond donors (Lipinski definition) is 0. The summed E-state index contributed by atoms with van der Waals surface area (Å²) in [5.74, 6) is 2.76. The largest absolute Gasteiger partial charge is 0.297 e. The third-order valence-corrected chi connectivity index (χ3v) is 7.15. The summed E-state index contributed by atoms with van der Waals surface area (Å²) >= 11 is 0. The predicted octanol–water partition coefficient (Wildman–Crippen LogP) is 1.78. The lowest BCUT2D eigenvalue weighted by molar-refractivity contribution is 0.105. The molecular formula is C15H28N2O2S. The highest BCUT2D eigenvalue weighted by Crippen LogP contribution is 2.47. The number of hydrogen-bond acceptors (Lipinski definition) is 3. The van der Waals surface area contributed by atoms with Gasteiger partial charge < -0.3 is 0 Å². The minimum Gasteiger partial charge on any atom is -0.297 e. The molecule has 0 aromatic rings. The number of fused-ring (bicyclic) bond motifs is 2. The Hall–Kier alpha value is -0.130. The molecule has 1 heterocycles. The molecule has 4 nitrogen and oxygen atoms in total. The summed E-state index contributed by atoms with van der Waals surface area (Å²) in [4.78, 5) is 2.59. The van der Waals surface area contributed by atoms with E-state index in [1.54, 1.807) is 4.31 Å². The van der Waals surface area contributed by atoms with Gasteiger partial charge in [-0.25, -0.2) is 8.42 Å². The zero-order valence-corrected chi connectivity index (χ0v) is 13.6. The maximum atomic E-state index is 11.6. The monoisotopic (exact) mass is 300 g/mol. The van der Waals surface area contributed by atoms with Gasteiger partial charge in [-0.15, -0.1) is 0 Å². The average molecular weight is 300 g/mol. The number of rotatable bonds is 3. The quantitative estimate of drug-likeness (QED) is 0.798. The molecule has 1 aliphatic heterocycles. The Morgan fingerprint density at radius 1 is 1.00 bits per heavy atom. The fourth-order valence-corrected chi connectivity index (χ4v) is 5.63. The first kappa shape index (κ1) is 14.8. The Kier molecular flexibility index (Phi) is 4.13. The maximum Gasteiger partial charge on any atom is 0.211 e. The first-order chi connectivity index (χ1) is 9.47. The molecular weight excluding hydrogens is 272 g/mol. The zero-order valence-electron chi connectivity index (χ0n) is 12.8. The van der Waals surface area contributed by atoms with E-state index in [2.05, 4.69) is 11.8 Å². The van der Waals surface area contributed by atoms with Crippen LogP contribution in [-0.4, -0.2) is 56.1 Å². The molecule has 20 heavy (non-hydrogen) atoms. The highest BCUT2D eigenvalue weighted by Gasteiger charge is 2.43. The summed E-state index contributed by atoms with van der Waals surface area (Å²) in [6.07, 6.45) is 8.29. The van der Waals surface area contributed by atoms with Gasteiger partial charge in [0.25, 0.3) is 0 Å². The van der Waals surface area contributed by atoms with E-state index in [0.717, 1.165) is 36.9 Å². The molecule has 0 spiro atoms. The van der Waals surface area contributed by atoms with E-state index in [9.17, 15) is 8.42 Å². The van der Waals surface area contributed by atoms with Crippen LogP contribution < -0.4 is 0 Å². The van der Waals surface area contributed by atoms with Crippen LogP contribution >= 0.6 is 0 Å². The van der Waals surface area contributed by atoms with Gasteiger partial charge in [0.15, 0.2) is 0 Å². The Morgan fingerprint density at radius 2 is 1.70 bits per heavy atom. The highest BCUT2D eigenvalue weighted by atomic mass is 32.2. The molecule has 0 radical (unpaired) electrons. The molecule has 116 valence electrons. The van der Waals surface area contributed by atoms with Gasteiger partial charge in [-0.1, -0.05) is 13.3 Å². The van der Waals surface area contributed by atoms with E-state index in [1.807, 2.05) is 0 Å². The Balaban J connectivity index is 1.59. The summed E-state index contributed by atoms with van der Waals surface area (Å²) < 4.78 is 24.8. The molecule has 0 aromatic heterocycles. The van der Waals surface area contributed by atoms with Crippen molar-refractivity contribution >= 4 is 10.0 Å². The van der Waals surface area contributed by atoms with Crippen LogP contribution in [0.1, 0.15) is 39.0 Å². The van der Waals surface area contributed by atoms with Crippen LogP contribution in [0.2, 0.25) is 0 Å². The maximum absolute atomic E-state index is 11.6. The van der Waals surface area contributed by atoms with Crippen molar-refractivity contribution in [2.45, 2.75) is 45.1 Å². The lowest BCUT2D eigenvalue weighted by atomic mass is 9.79. The van der Waals surface area contributed by atoms with Crippen LogP contribution in [-0.2, 0) is 10.0 Å². The standard InChI is InChI=1S/C15H28N2O2S/c1-3-12-8-13-10-14(9-12)15(11-13)16-4-6-17(7-5-16)20(2,18)19/h12-15H,3-11H2,1-2H3. The summed E-state index contributed by atoms with van der Waals surface area (Å²) in [5.41, 5.74) is 0. The Morgan fingerprint density at radius 3 is 2.30 bits per heavy atom. The topological polar surface area (TPSA) is 40.6 Å². The average Bonchev–Trinajstić information content (AvgIpc) is 2.72. The van der Waals surface area contributed by atoms with Crippen LogP contribution in [0.5, 0.6) is 0 Å². The SMILES string of the molecule is CCC1CC2CC(C1)C(N1CCN(S(C)(=O)=O)CC1)C2. The van der Waals surface area contributed by atoms with Gasteiger partial charge in [0.2, 0.25) is 10.0 Å². The molecule has 2 bridgehead atoms. The van der Waals surface area contributed by atoms with Crippen molar-refractivity contribution in [2.24, 2.45) is 17.8 Å². The second-order valence-corrected chi connectivity index (χ2v) is 9.09. The molecule has 0 N–H and O–H groups in total. The van der Waals surface area contributed by atoms with Crippen molar-refractivity contribution < 1.29 is 8.42 Å². The van der Waals surface area contributed by atoms with Crippen LogP contribution in [0.3, 0.4) is 0 Å². The Bertz CT molecular complexity index is 443. The minimum atomic E-state index is -3.00. The smallest absolute Gasteiger partial charge is 0.211 e. The zero-order chi connectivity index (χ0) is 14.3. The van der Waals surface area contributed by atoms with Gasteiger partial charge in [-0.3, -0.25) is 4.90 Å². The van der Waals surface area contributed by atoms with Crippen LogP contribution in [0.15, 0.2) is 0 Å². The number of nitrogens with zero attached hydrogens (tertiary/aromatic N) is 2. The first-order valence-corrected chi connectivity index (χ1v) is 10.0. The van der Waals surface area contributed by atoms with Gasteiger partial charge in [0.1, 0.15) is 0 Å². The van der Waals surface area contributed by atoms with Gasteiger partial charge in [0, 0.05) is 32.2 Å². The molecule has 0 aromatic carbocycles. The van der Waals surface area contributed by atoms with E-state index in [1.165, 1.54) is 38.4 Å². The minimum absolute atomic E-state index is 0.684. The second kappa shape index (κ2) is 5.58. The summed E-state index contributed by atoms with van der Waals surface area (Å²) in [6.45, 7) is 5.55. The number of piperazine rings is 1. The molecule has 2 saturated carbocycles. The molecule has 1 saturated heterocycles. The molecule has 5 heteroatoms. The van der Waals surface area contributed by atoms with Gasteiger partial charge in [-0.2, -0.15) is 4.31 Å². The molecule has 3 aliphatic rings. The van der Waals surface area contributed by atoms with Crippen molar-refractivity contribution in [3.05, 3.63) is 0 Å². The van der Waals surface area contributed by atoms with Crippen LogP contribution in [0.4, 0.5) is 0 Å². The van der Waals surface area contributed by atoms with Gasteiger partial charge in [0.05, 0.1) is 6.26 Å². The fourth-order valence-electron chi connectivity index (χ4n) is 4.80. The van der Waals surface area contributed by atoms with E-state index in [4.69, 9.17) is 0 Å².